The Bertz CT molecular complexity index is 1170. The molecule has 3 aromatic rings. The van der Waals surface area contributed by atoms with E-state index in [0.29, 0.717) is 55.3 Å². The maximum atomic E-state index is 13.0. The molecular weight excluding hydrogens is 444 g/mol. The molecule has 1 aliphatic heterocycles. The Morgan fingerprint density at radius 3 is 2.23 bits per heavy atom. The minimum absolute atomic E-state index is 0.114. The van der Waals surface area contributed by atoms with Gasteiger partial charge in [-0.2, -0.15) is 0 Å². The van der Waals surface area contributed by atoms with Gasteiger partial charge in [0.2, 0.25) is 17.6 Å². The molecule has 1 unspecified atom stereocenters. The average molecular weight is 475 g/mol. The van der Waals surface area contributed by atoms with Crippen LogP contribution in [0.3, 0.4) is 0 Å². The van der Waals surface area contributed by atoms with Crippen molar-refractivity contribution in [2.24, 2.45) is 5.92 Å². The second kappa shape index (κ2) is 9.82. The molecule has 35 heavy (non-hydrogen) atoms. The molecule has 1 saturated carbocycles. The van der Waals surface area contributed by atoms with Crippen molar-refractivity contribution in [3.63, 3.8) is 0 Å². The molecule has 2 fully saturated rings. The highest BCUT2D eigenvalue weighted by Gasteiger charge is 2.46. The maximum absolute atomic E-state index is 13.0. The van der Waals surface area contributed by atoms with E-state index in [4.69, 9.17) is 19.2 Å². The van der Waals surface area contributed by atoms with Gasteiger partial charge in [0, 0.05) is 43.9 Å². The van der Waals surface area contributed by atoms with Crippen molar-refractivity contribution in [2.75, 3.05) is 52.4 Å². The Morgan fingerprint density at radius 1 is 0.914 bits per heavy atom. The average Bonchev–Trinajstić information content (AvgIpc) is 3.73. The number of aromatic nitrogens is 2. The fraction of sp³-hybridized carbons (Fsp3) is 0.370. The third-order valence-corrected chi connectivity index (χ3v) is 6.81. The Morgan fingerprint density at radius 2 is 1.60 bits per heavy atom. The molecule has 0 N–H and O–H groups in total. The van der Waals surface area contributed by atoms with Crippen molar-refractivity contribution in [3.05, 3.63) is 60.3 Å². The number of benzene rings is 2. The van der Waals surface area contributed by atoms with Crippen LogP contribution in [0.5, 0.6) is 17.2 Å². The predicted octanol–water partition coefficient (Wildman–Crippen LogP) is 3.62. The first-order valence-corrected chi connectivity index (χ1v) is 11.8. The highest BCUT2D eigenvalue weighted by atomic mass is 16.5. The van der Waals surface area contributed by atoms with Crippen molar-refractivity contribution in [1.29, 1.82) is 0 Å². The lowest BCUT2D eigenvalue weighted by molar-refractivity contribution is -0.133. The fourth-order valence-electron chi connectivity index (χ4n) is 4.79. The van der Waals surface area contributed by atoms with Gasteiger partial charge in [-0.1, -0.05) is 30.3 Å². The molecular formula is C27H30N4O4. The van der Waals surface area contributed by atoms with Crippen LogP contribution in [0, 0.1) is 5.92 Å². The van der Waals surface area contributed by atoms with Crippen LogP contribution in [0.15, 0.2) is 54.7 Å². The molecule has 0 radical (unpaired) electrons. The van der Waals surface area contributed by atoms with Crippen molar-refractivity contribution < 1.29 is 19.0 Å². The van der Waals surface area contributed by atoms with Crippen LogP contribution >= 0.6 is 0 Å². The number of carbonyl (C=O) groups is 1. The molecule has 2 heterocycles. The second-order valence-electron chi connectivity index (χ2n) is 8.83. The minimum Gasteiger partial charge on any atom is -0.493 e. The zero-order valence-electron chi connectivity index (χ0n) is 20.3. The summed E-state index contributed by atoms with van der Waals surface area (Å²) < 4.78 is 16.4. The normalized spacial score (nSPS) is 19.3. The summed E-state index contributed by atoms with van der Waals surface area (Å²) in [6.45, 7) is 2.75. The van der Waals surface area contributed by atoms with Crippen LogP contribution in [0.1, 0.15) is 17.9 Å². The van der Waals surface area contributed by atoms with Gasteiger partial charge in [0.25, 0.3) is 0 Å². The van der Waals surface area contributed by atoms with E-state index in [1.54, 1.807) is 27.5 Å². The number of ether oxygens (including phenoxy) is 3. The molecule has 8 heteroatoms. The van der Waals surface area contributed by atoms with E-state index in [0.717, 1.165) is 17.7 Å². The first kappa shape index (κ1) is 23.0. The van der Waals surface area contributed by atoms with Gasteiger partial charge < -0.3 is 24.0 Å². The fourth-order valence-corrected chi connectivity index (χ4v) is 4.79. The summed E-state index contributed by atoms with van der Waals surface area (Å²) in [5, 5.41) is 0. The summed E-state index contributed by atoms with van der Waals surface area (Å²) in [6, 6.07) is 16.0. The standard InChI is InChI=1S/C27H30N4O4/c1-33-23-15-19(16-24(34-2)25(23)35-3)22-9-10-28-27(29-22)31-13-11-30(12-14-31)26(32)21-17-20(21)18-7-5-4-6-8-18/h4-10,15-16,20-21H,11-14,17H2,1-3H3/t20-,21?/m0/s1. The van der Waals surface area contributed by atoms with Crippen LogP contribution in [0.2, 0.25) is 0 Å². The molecule has 8 nitrogen and oxygen atoms in total. The molecule has 2 aromatic carbocycles. The van der Waals surface area contributed by atoms with Crippen LogP contribution in [0.4, 0.5) is 5.95 Å². The second-order valence-corrected chi connectivity index (χ2v) is 8.83. The van der Waals surface area contributed by atoms with Gasteiger partial charge in [0.1, 0.15) is 0 Å². The molecule has 2 aliphatic rings. The van der Waals surface area contributed by atoms with Gasteiger partial charge in [0.15, 0.2) is 11.5 Å². The number of piperazine rings is 1. The summed E-state index contributed by atoms with van der Waals surface area (Å²) in [6.07, 6.45) is 2.70. The summed E-state index contributed by atoms with van der Waals surface area (Å²) in [4.78, 5) is 26.5. The number of amides is 1. The van der Waals surface area contributed by atoms with Gasteiger partial charge in [-0.05, 0) is 36.1 Å². The van der Waals surface area contributed by atoms with Gasteiger partial charge in [-0.25, -0.2) is 9.97 Å². The van der Waals surface area contributed by atoms with E-state index in [1.807, 2.05) is 41.3 Å². The zero-order chi connectivity index (χ0) is 24.4. The van der Waals surface area contributed by atoms with Gasteiger partial charge >= 0.3 is 0 Å². The molecule has 5 rings (SSSR count). The third-order valence-electron chi connectivity index (χ3n) is 6.81. The maximum Gasteiger partial charge on any atom is 0.226 e. The number of nitrogens with zero attached hydrogens (tertiary/aromatic N) is 4. The number of anilines is 1. The Hall–Kier alpha value is -3.81. The van der Waals surface area contributed by atoms with E-state index in [1.165, 1.54) is 5.56 Å². The number of carbonyl (C=O) groups excluding carboxylic acids is 1. The number of hydrogen-bond donors (Lipinski definition) is 0. The summed E-state index contributed by atoms with van der Waals surface area (Å²) in [5.41, 5.74) is 2.87. The summed E-state index contributed by atoms with van der Waals surface area (Å²) >= 11 is 0. The van der Waals surface area contributed by atoms with E-state index in [9.17, 15) is 4.79 Å². The van der Waals surface area contributed by atoms with Crippen LogP contribution in [-0.4, -0.2) is 68.3 Å². The van der Waals surface area contributed by atoms with E-state index < -0.39 is 0 Å². The lowest BCUT2D eigenvalue weighted by Gasteiger charge is -2.35. The lowest BCUT2D eigenvalue weighted by atomic mass is 10.1. The molecule has 0 bridgehead atoms. The molecule has 182 valence electrons. The van der Waals surface area contributed by atoms with Crippen LogP contribution in [0.25, 0.3) is 11.3 Å². The number of rotatable bonds is 7. The molecule has 1 aromatic heterocycles. The van der Waals surface area contributed by atoms with Crippen molar-refractivity contribution in [3.8, 4) is 28.5 Å². The summed E-state index contributed by atoms with van der Waals surface area (Å²) in [7, 11) is 4.77. The van der Waals surface area contributed by atoms with Crippen molar-refractivity contribution >= 4 is 11.9 Å². The Kier molecular flexibility index (Phi) is 6.44. The van der Waals surface area contributed by atoms with Crippen molar-refractivity contribution in [2.45, 2.75) is 12.3 Å². The van der Waals surface area contributed by atoms with Crippen LogP contribution < -0.4 is 19.1 Å². The SMILES string of the molecule is COc1cc(-c2ccnc(N3CCN(C(=O)C4C[C@H]4c4ccccc4)CC3)n2)cc(OC)c1OC. The molecule has 1 amide bonds. The molecule has 1 saturated heterocycles. The Labute approximate surface area is 205 Å². The lowest BCUT2D eigenvalue weighted by Crippen LogP contribution is -2.49. The van der Waals surface area contributed by atoms with E-state index >= 15 is 0 Å². The Balaban J connectivity index is 1.26. The number of hydrogen-bond acceptors (Lipinski definition) is 7. The van der Waals surface area contributed by atoms with Crippen molar-refractivity contribution in [1.82, 2.24) is 14.9 Å². The number of methoxy groups -OCH3 is 3. The molecule has 2 atom stereocenters. The summed E-state index contributed by atoms with van der Waals surface area (Å²) in [5.74, 6) is 3.08. The molecule has 1 aliphatic carbocycles. The highest BCUT2D eigenvalue weighted by Crippen LogP contribution is 2.48. The largest absolute Gasteiger partial charge is 0.493 e. The third kappa shape index (κ3) is 4.60. The first-order chi connectivity index (χ1) is 17.1. The molecule has 0 spiro atoms. The quantitative estimate of drug-likeness (QED) is 0.518. The highest BCUT2D eigenvalue weighted by molar-refractivity contribution is 5.83. The monoisotopic (exact) mass is 474 g/mol. The van der Waals surface area contributed by atoms with Gasteiger partial charge in [-0.15, -0.1) is 0 Å². The van der Waals surface area contributed by atoms with E-state index in [2.05, 4.69) is 22.0 Å². The topological polar surface area (TPSA) is 77.0 Å². The smallest absolute Gasteiger partial charge is 0.226 e. The predicted molar refractivity (Wildman–Crippen MR) is 133 cm³/mol. The van der Waals surface area contributed by atoms with Gasteiger partial charge in [-0.3, -0.25) is 4.79 Å². The van der Waals surface area contributed by atoms with E-state index in [-0.39, 0.29) is 11.8 Å². The zero-order valence-corrected chi connectivity index (χ0v) is 20.3. The minimum atomic E-state index is 0.114. The first-order valence-electron chi connectivity index (χ1n) is 11.8. The van der Waals surface area contributed by atoms with Gasteiger partial charge in [0.05, 0.1) is 27.0 Å². The van der Waals surface area contributed by atoms with Crippen LogP contribution in [-0.2, 0) is 4.79 Å².